The number of aromatic nitrogens is 2. The second-order valence-electron chi connectivity index (χ2n) is 6.33. The molecule has 1 fully saturated rings. The first-order chi connectivity index (χ1) is 9.55. The third kappa shape index (κ3) is 2.68. The van der Waals surface area contributed by atoms with E-state index >= 15 is 0 Å². The van der Waals surface area contributed by atoms with E-state index < -0.39 is 0 Å². The first-order valence-electron chi connectivity index (χ1n) is 7.10. The Hall–Kier alpha value is -1.48. The summed E-state index contributed by atoms with van der Waals surface area (Å²) in [6.45, 7) is 4.67. The van der Waals surface area contributed by atoms with Gasteiger partial charge in [-0.2, -0.15) is 5.10 Å². The summed E-state index contributed by atoms with van der Waals surface area (Å²) in [5, 5.41) is 8.67. The van der Waals surface area contributed by atoms with E-state index in [9.17, 15) is 0 Å². The van der Waals surface area contributed by atoms with Crippen molar-refractivity contribution in [1.29, 1.82) is 0 Å². The van der Waals surface area contributed by atoms with Crippen LogP contribution in [0.3, 0.4) is 0 Å². The van der Waals surface area contributed by atoms with Crippen LogP contribution in [0.25, 0.3) is 5.69 Å². The molecular formula is C16H20ClN3. The fraction of sp³-hybridized carbons (Fsp3) is 0.438. The number of para-hydroxylation sites is 1. The topological polar surface area (TPSA) is 29.9 Å². The Balaban J connectivity index is 1.89. The molecule has 1 aromatic carbocycles. The predicted molar refractivity (Wildman–Crippen MR) is 83.6 cm³/mol. The van der Waals surface area contributed by atoms with E-state index in [0.717, 1.165) is 16.4 Å². The number of halogens is 1. The van der Waals surface area contributed by atoms with Crippen molar-refractivity contribution < 1.29 is 0 Å². The molecule has 0 aliphatic heterocycles. The maximum atomic E-state index is 6.36. The third-order valence-corrected chi connectivity index (χ3v) is 4.35. The van der Waals surface area contributed by atoms with Crippen LogP contribution < -0.4 is 5.32 Å². The average molecular weight is 290 g/mol. The molecule has 1 aliphatic rings. The number of hydrogen-bond acceptors (Lipinski definition) is 2. The van der Waals surface area contributed by atoms with Gasteiger partial charge in [0.2, 0.25) is 0 Å². The second kappa shape index (κ2) is 5.13. The zero-order valence-electron chi connectivity index (χ0n) is 11.9. The SMILES string of the molecule is CC1(C)CCC(Nc2cccc(Cl)c2-n2cccn2)C1. The van der Waals surface area contributed by atoms with Crippen molar-refractivity contribution in [3.63, 3.8) is 0 Å². The Morgan fingerprint density at radius 1 is 1.35 bits per heavy atom. The highest BCUT2D eigenvalue weighted by atomic mass is 35.5. The van der Waals surface area contributed by atoms with Crippen molar-refractivity contribution in [2.45, 2.75) is 39.2 Å². The Morgan fingerprint density at radius 2 is 2.20 bits per heavy atom. The quantitative estimate of drug-likeness (QED) is 0.900. The molecule has 0 spiro atoms. The molecule has 1 atom stereocenters. The molecule has 3 rings (SSSR count). The lowest BCUT2D eigenvalue weighted by atomic mass is 9.92. The van der Waals surface area contributed by atoms with E-state index in [-0.39, 0.29) is 0 Å². The largest absolute Gasteiger partial charge is 0.381 e. The molecule has 0 radical (unpaired) electrons. The van der Waals surface area contributed by atoms with Crippen LogP contribution >= 0.6 is 11.6 Å². The first-order valence-corrected chi connectivity index (χ1v) is 7.48. The summed E-state index contributed by atoms with van der Waals surface area (Å²) >= 11 is 6.36. The summed E-state index contributed by atoms with van der Waals surface area (Å²) in [7, 11) is 0. The highest BCUT2D eigenvalue weighted by molar-refractivity contribution is 6.33. The van der Waals surface area contributed by atoms with E-state index in [1.54, 1.807) is 6.20 Å². The van der Waals surface area contributed by atoms with Crippen molar-refractivity contribution in [2.24, 2.45) is 5.41 Å². The molecule has 1 heterocycles. The van der Waals surface area contributed by atoms with Gasteiger partial charge in [0.25, 0.3) is 0 Å². The minimum Gasteiger partial charge on any atom is -0.381 e. The molecule has 4 heteroatoms. The van der Waals surface area contributed by atoms with Gasteiger partial charge in [-0.25, -0.2) is 4.68 Å². The fourth-order valence-corrected chi connectivity index (χ4v) is 3.31. The molecule has 20 heavy (non-hydrogen) atoms. The molecule has 1 aromatic heterocycles. The first kappa shape index (κ1) is 13.5. The summed E-state index contributed by atoms with van der Waals surface area (Å²) in [6.07, 6.45) is 7.36. The van der Waals surface area contributed by atoms with E-state index in [0.29, 0.717) is 11.5 Å². The van der Waals surface area contributed by atoms with E-state index in [1.165, 1.54) is 19.3 Å². The van der Waals surface area contributed by atoms with Crippen molar-refractivity contribution in [2.75, 3.05) is 5.32 Å². The Bertz CT molecular complexity index is 590. The molecule has 0 amide bonds. The van der Waals surface area contributed by atoms with Crippen molar-refractivity contribution in [3.8, 4) is 5.69 Å². The molecule has 1 N–H and O–H groups in total. The minimum absolute atomic E-state index is 0.433. The number of nitrogens with one attached hydrogen (secondary N) is 1. The van der Waals surface area contributed by atoms with Gasteiger partial charge in [0, 0.05) is 18.4 Å². The molecule has 1 aliphatic carbocycles. The minimum atomic E-state index is 0.433. The smallest absolute Gasteiger partial charge is 0.106 e. The predicted octanol–water partition coefficient (Wildman–Crippen LogP) is 4.52. The summed E-state index contributed by atoms with van der Waals surface area (Å²) in [6, 6.07) is 8.39. The van der Waals surface area contributed by atoms with Crippen LogP contribution in [0.4, 0.5) is 5.69 Å². The van der Waals surface area contributed by atoms with Crippen LogP contribution in [0.1, 0.15) is 33.1 Å². The number of benzene rings is 1. The Kier molecular flexibility index (Phi) is 3.47. The van der Waals surface area contributed by atoms with Crippen LogP contribution in [0.5, 0.6) is 0 Å². The van der Waals surface area contributed by atoms with Crippen molar-refractivity contribution in [3.05, 3.63) is 41.7 Å². The van der Waals surface area contributed by atoms with Crippen molar-refractivity contribution >= 4 is 17.3 Å². The summed E-state index contributed by atoms with van der Waals surface area (Å²) in [5.41, 5.74) is 2.43. The Labute approximate surface area is 124 Å². The number of hydrogen-bond donors (Lipinski definition) is 1. The average Bonchev–Trinajstić information content (AvgIpc) is 2.99. The molecule has 1 saturated carbocycles. The standard InChI is InChI=1S/C16H20ClN3/c1-16(2)8-7-12(11-16)19-14-6-3-5-13(17)15(14)20-10-4-9-18-20/h3-6,9-10,12,19H,7-8,11H2,1-2H3. The molecule has 0 bridgehead atoms. The van der Waals surface area contributed by atoms with Gasteiger partial charge in [-0.3, -0.25) is 0 Å². The summed E-state index contributed by atoms with van der Waals surface area (Å²) in [5.74, 6) is 0. The lowest BCUT2D eigenvalue weighted by molar-refractivity contribution is 0.378. The van der Waals surface area contributed by atoms with Crippen molar-refractivity contribution in [1.82, 2.24) is 9.78 Å². The van der Waals surface area contributed by atoms with Gasteiger partial charge in [-0.15, -0.1) is 0 Å². The molecule has 1 unspecified atom stereocenters. The normalized spacial score (nSPS) is 21.1. The maximum Gasteiger partial charge on any atom is 0.106 e. The van der Waals surface area contributed by atoms with Crippen LogP contribution in [-0.4, -0.2) is 15.8 Å². The lowest BCUT2D eigenvalue weighted by Gasteiger charge is -2.20. The van der Waals surface area contributed by atoms with Gasteiger partial charge in [0.15, 0.2) is 0 Å². The van der Waals surface area contributed by atoms with Crippen LogP contribution in [0, 0.1) is 5.41 Å². The number of rotatable bonds is 3. The summed E-state index contributed by atoms with van der Waals surface area (Å²) < 4.78 is 1.82. The third-order valence-electron chi connectivity index (χ3n) is 4.05. The van der Waals surface area contributed by atoms with Gasteiger partial charge >= 0.3 is 0 Å². The van der Waals surface area contributed by atoms with Gasteiger partial charge in [0.1, 0.15) is 5.69 Å². The van der Waals surface area contributed by atoms with Gasteiger partial charge in [0.05, 0.1) is 10.7 Å². The zero-order valence-corrected chi connectivity index (χ0v) is 12.7. The summed E-state index contributed by atoms with van der Waals surface area (Å²) in [4.78, 5) is 0. The van der Waals surface area contributed by atoms with Crippen LogP contribution in [-0.2, 0) is 0 Å². The maximum absolute atomic E-state index is 6.36. The number of nitrogens with zero attached hydrogens (tertiary/aromatic N) is 2. The lowest BCUT2D eigenvalue weighted by Crippen LogP contribution is -2.19. The van der Waals surface area contributed by atoms with Gasteiger partial charge < -0.3 is 5.32 Å². The second-order valence-corrected chi connectivity index (χ2v) is 6.74. The highest BCUT2D eigenvalue weighted by Gasteiger charge is 2.31. The molecule has 2 aromatic rings. The monoisotopic (exact) mass is 289 g/mol. The highest BCUT2D eigenvalue weighted by Crippen LogP contribution is 2.39. The fourth-order valence-electron chi connectivity index (χ4n) is 3.04. The van der Waals surface area contributed by atoms with Crippen LogP contribution in [0.2, 0.25) is 5.02 Å². The molecular weight excluding hydrogens is 270 g/mol. The molecule has 0 saturated heterocycles. The van der Waals surface area contributed by atoms with E-state index in [2.05, 4.69) is 30.3 Å². The van der Waals surface area contributed by atoms with Crippen LogP contribution in [0.15, 0.2) is 36.7 Å². The van der Waals surface area contributed by atoms with Gasteiger partial charge in [-0.05, 0) is 42.9 Å². The van der Waals surface area contributed by atoms with E-state index in [1.807, 2.05) is 29.1 Å². The Morgan fingerprint density at radius 3 is 2.85 bits per heavy atom. The number of anilines is 1. The van der Waals surface area contributed by atoms with E-state index in [4.69, 9.17) is 11.6 Å². The zero-order chi connectivity index (χ0) is 14.2. The molecule has 106 valence electrons. The molecule has 3 nitrogen and oxygen atoms in total. The van der Waals surface area contributed by atoms with Gasteiger partial charge in [-0.1, -0.05) is 31.5 Å².